The highest BCUT2D eigenvalue weighted by atomic mass is 16.5. The molecule has 0 bridgehead atoms. The number of morpholine rings is 1. The molecule has 11 heteroatoms. The van der Waals surface area contributed by atoms with Crippen molar-refractivity contribution in [1.29, 1.82) is 0 Å². The Bertz CT molecular complexity index is 1620. The maximum absolute atomic E-state index is 14.4. The number of rotatable bonds is 9. The molecule has 3 aromatic carbocycles. The number of piperazine rings is 1. The zero-order chi connectivity index (χ0) is 32.3. The van der Waals surface area contributed by atoms with Crippen molar-refractivity contribution in [2.24, 2.45) is 5.92 Å². The number of phenols is 1. The van der Waals surface area contributed by atoms with E-state index in [4.69, 9.17) is 4.74 Å². The first kappa shape index (κ1) is 30.8. The van der Waals surface area contributed by atoms with Crippen LogP contribution in [0.1, 0.15) is 16.7 Å². The molecular weight excluding hydrogens is 596 g/mol. The van der Waals surface area contributed by atoms with Gasteiger partial charge in [0.15, 0.2) is 0 Å². The number of benzene rings is 3. The summed E-state index contributed by atoms with van der Waals surface area (Å²) in [5.74, 6) is -0.0333. The zero-order valence-corrected chi connectivity index (χ0v) is 26.3. The van der Waals surface area contributed by atoms with Gasteiger partial charge in [-0.25, -0.2) is 14.8 Å². The molecule has 3 aliphatic heterocycles. The van der Waals surface area contributed by atoms with Gasteiger partial charge in [-0.2, -0.15) is 0 Å². The molecule has 0 radical (unpaired) electrons. The standard InChI is InChI=1S/C36H40N6O5/c43-31-13-11-26(12-14-31)20-32-35(45)39(22-29-7-4-8-30(19-29)38-15-17-47-18-16-38)24-33-41(32)34(44)25-40(23-28-9-10-28)42(33)36(46)37-21-27-5-2-1-3-6-27/h1-14,19,28,32-33,43H,15-18,20-25H2,(H,37,46)/t32-,33-/m0/s1. The summed E-state index contributed by atoms with van der Waals surface area (Å²) in [6.45, 7) is 4.30. The molecule has 7 rings (SSSR count). The van der Waals surface area contributed by atoms with E-state index in [1.165, 1.54) is 0 Å². The number of nitrogens with zero attached hydrogens (tertiary/aromatic N) is 5. The Morgan fingerprint density at radius 2 is 1.64 bits per heavy atom. The fourth-order valence-electron chi connectivity index (χ4n) is 6.74. The van der Waals surface area contributed by atoms with Gasteiger partial charge in [0.1, 0.15) is 18.0 Å². The number of hydrogen-bond acceptors (Lipinski definition) is 7. The zero-order valence-electron chi connectivity index (χ0n) is 26.3. The van der Waals surface area contributed by atoms with Crippen LogP contribution in [0.5, 0.6) is 5.75 Å². The highest BCUT2D eigenvalue weighted by Crippen LogP contribution is 2.31. The van der Waals surface area contributed by atoms with Gasteiger partial charge in [0.2, 0.25) is 11.8 Å². The monoisotopic (exact) mass is 636 g/mol. The molecule has 3 fully saturated rings. The molecule has 11 nitrogen and oxygen atoms in total. The SMILES string of the molecule is O=C1[C@H](Cc2ccc(O)cc2)N2C(=O)CN(CC3C=C3)N(C(=O)NCc3ccccc3)[C@H]2CN1Cc1cccc(N2CCOCC2)c1. The Labute approximate surface area is 274 Å². The number of nitrogens with one attached hydrogen (secondary N) is 1. The molecule has 2 N–H and O–H groups in total. The molecule has 0 unspecified atom stereocenters. The topological polar surface area (TPSA) is 109 Å². The number of hydrogen-bond donors (Lipinski definition) is 2. The average Bonchev–Trinajstić information content (AvgIpc) is 3.91. The van der Waals surface area contributed by atoms with Crippen molar-refractivity contribution in [3.8, 4) is 5.75 Å². The Morgan fingerprint density at radius 1 is 0.894 bits per heavy atom. The van der Waals surface area contributed by atoms with E-state index in [0.29, 0.717) is 32.8 Å². The third-order valence-electron chi connectivity index (χ3n) is 9.24. The maximum atomic E-state index is 14.4. The van der Waals surface area contributed by atoms with Crippen LogP contribution in [-0.2, 0) is 33.8 Å². The number of ether oxygens (including phenoxy) is 1. The van der Waals surface area contributed by atoms with Gasteiger partial charge >= 0.3 is 6.03 Å². The third-order valence-corrected chi connectivity index (χ3v) is 9.24. The second-order valence-corrected chi connectivity index (χ2v) is 12.5. The second-order valence-electron chi connectivity index (χ2n) is 12.5. The van der Waals surface area contributed by atoms with E-state index >= 15 is 0 Å². The lowest BCUT2D eigenvalue weighted by molar-refractivity contribution is -0.191. The van der Waals surface area contributed by atoms with Crippen LogP contribution < -0.4 is 10.2 Å². The highest BCUT2D eigenvalue weighted by molar-refractivity contribution is 5.91. The minimum absolute atomic E-state index is 0.00557. The summed E-state index contributed by atoms with van der Waals surface area (Å²) in [5, 5.41) is 16.5. The van der Waals surface area contributed by atoms with Crippen molar-refractivity contribution < 1.29 is 24.2 Å². The van der Waals surface area contributed by atoms with Crippen molar-refractivity contribution in [2.45, 2.75) is 31.7 Å². The minimum Gasteiger partial charge on any atom is -0.508 e. The second kappa shape index (κ2) is 13.5. The van der Waals surface area contributed by atoms with Gasteiger partial charge in [0, 0.05) is 50.7 Å². The maximum Gasteiger partial charge on any atom is 0.334 e. The third kappa shape index (κ3) is 6.96. The Balaban J connectivity index is 1.20. The fraction of sp³-hybridized carbons (Fsp3) is 0.361. The van der Waals surface area contributed by atoms with Crippen molar-refractivity contribution in [2.75, 3.05) is 50.8 Å². The van der Waals surface area contributed by atoms with Crippen LogP contribution in [0.3, 0.4) is 0 Å². The number of fused-ring (bicyclic) bond motifs is 1. The number of urea groups is 1. The summed E-state index contributed by atoms with van der Waals surface area (Å²) in [6, 6.07) is 23.5. The molecular formula is C36H40N6O5. The lowest BCUT2D eigenvalue weighted by atomic mass is 9.98. The molecule has 0 spiro atoms. The van der Waals surface area contributed by atoms with Crippen LogP contribution in [-0.4, -0.2) is 101 Å². The van der Waals surface area contributed by atoms with Crippen LogP contribution in [0.4, 0.5) is 10.5 Å². The summed E-state index contributed by atoms with van der Waals surface area (Å²) in [5.41, 5.74) is 3.83. The summed E-state index contributed by atoms with van der Waals surface area (Å²) in [7, 11) is 0. The summed E-state index contributed by atoms with van der Waals surface area (Å²) >= 11 is 0. The average molecular weight is 637 g/mol. The van der Waals surface area contributed by atoms with Gasteiger partial charge in [0.05, 0.1) is 26.3 Å². The quantitative estimate of drug-likeness (QED) is 0.348. The lowest BCUT2D eigenvalue weighted by Gasteiger charge is -2.55. The Hall–Kier alpha value is -4.87. The molecule has 4 aliphatic rings. The van der Waals surface area contributed by atoms with Gasteiger partial charge in [-0.05, 0) is 41.0 Å². The fourth-order valence-corrected chi connectivity index (χ4v) is 6.74. The molecule has 3 saturated heterocycles. The first-order valence-electron chi connectivity index (χ1n) is 16.3. The molecule has 4 amide bonds. The number of carbonyl (C=O) groups excluding carboxylic acids is 3. The Morgan fingerprint density at radius 3 is 2.38 bits per heavy atom. The number of anilines is 1. The highest BCUT2D eigenvalue weighted by Gasteiger charge is 2.51. The van der Waals surface area contributed by atoms with Crippen LogP contribution >= 0.6 is 0 Å². The summed E-state index contributed by atoms with van der Waals surface area (Å²) < 4.78 is 5.54. The van der Waals surface area contributed by atoms with E-state index in [1.54, 1.807) is 39.1 Å². The van der Waals surface area contributed by atoms with Crippen LogP contribution in [0.15, 0.2) is 91.0 Å². The molecule has 0 aromatic heterocycles. The van der Waals surface area contributed by atoms with Gasteiger partial charge in [0.25, 0.3) is 0 Å². The molecule has 1 aliphatic carbocycles. The minimum atomic E-state index is -0.821. The molecule has 0 saturated carbocycles. The van der Waals surface area contributed by atoms with E-state index in [1.807, 2.05) is 47.5 Å². The van der Waals surface area contributed by atoms with Crippen LogP contribution in [0, 0.1) is 5.92 Å². The van der Waals surface area contributed by atoms with E-state index in [0.717, 1.165) is 35.5 Å². The van der Waals surface area contributed by atoms with Gasteiger partial charge < -0.3 is 29.9 Å². The number of aromatic hydroxyl groups is 1. The predicted molar refractivity (Wildman–Crippen MR) is 176 cm³/mol. The number of carbonyl (C=O) groups is 3. The number of amides is 4. The predicted octanol–water partition coefficient (Wildman–Crippen LogP) is 2.97. The molecule has 2 atom stereocenters. The van der Waals surface area contributed by atoms with Crippen LogP contribution in [0.2, 0.25) is 0 Å². The first-order chi connectivity index (χ1) is 22.9. The van der Waals surface area contributed by atoms with E-state index in [2.05, 4.69) is 34.5 Å². The van der Waals surface area contributed by atoms with Gasteiger partial charge in [-0.15, -0.1) is 0 Å². The molecule has 47 heavy (non-hydrogen) atoms. The first-order valence-corrected chi connectivity index (χ1v) is 16.3. The van der Waals surface area contributed by atoms with E-state index in [-0.39, 0.29) is 49.0 Å². The number of hydrazine groups is 1. The van der Waals surface area contributed by atoms with E-state index in [9.17, 15) is 19.5 Å². The van der Waals surface area contributed by atoms with Crippen molar-refractivity contribution in [1.82, 2.24) is 25.1 Å². The van der Waals surface area contributed by atoms with E-state index < -0.39 is 12.2 Å². The van der Waals surface area contributed by atoms with Gasteiger partial charge in [-0.1, -0.05) is 66.7 Å². The van der Waals surface area contributed by atoms with Crippen molar-refractivity contribution in [3.05, 3.63) is 108 Å². The molecule has 244 valence electrons. The summed E-state index contributed by atoms with van der Waals surface area (Å²) in [4.78, 5) is 48.1. The smallest absolute Gasteiger partial charge is 0.334 e. The Kier molecular flexibility index (Phi) is 8.82. The van der Waals surface area contributed by atoms with Crippen molar-refractivity contribution in [3.63, 3.8) is 0 Å². The molecule has 3 heterocycles. The van der Waals surface area contributed by atoms with Crippen molar-refractivity contribution >= 4 is 23.5 Å². The number of phenolic OH excluding ortho intramolecular Hbond substituents is 1. The normalized spacial score (nSPS) is 21.6. The van der Waals surface area contributed by atoms with Crippen LogP contribution in [0.25, 0.3) is 0 Å². The largest absolute Gasteiger partial charge is 0.508 e. The lowest BCUT2D eigenvalue weighted by Crippen LogP contribution is -2.76. The summed E-state index contributed by atoms with van der Waals surface area (Å²) in [6.07, 6.45) is 3.67. The van der Waals surface area contributed by atoms with Gasteiger partial charge in [-0.3, -0.25) is 9.59 Å². The molecule has 3 aromatic rings.